The molecule has 0 aliphatic heterocycles. The largest absolute Gasteiger partial charge is 0.493 e. The zero-order valence-corrected chi connectivity index (χ0v) is 18.2. The average molecular weight is 452 g/mol. The molecule has 9 nitrogen and oxygen atoms in total. The van der Waals surface area contributed by atoms with Gasteiger partial charge in [0, 0.05) is 19.4 Å². The molecular formula is C25H20N6O3. The van der Waals surface area contributed by atoms with Gasteiger partial charge < -0.3 is 15.2 Å². The summed E-state index contributed by atoms with van der Waals surface area (Å²) in [7, 11) is 1.75. The van der Waals surface area contributed by atoms with Crippen LogP contribution in [0, 0.1) is 0 Å². The Morgan fingerprint density at radius 3 is 2.44 bits per heavy atom. The highest BCUT2D eigenvalue weighted by Gasteiger charge is 2.15. The SMILES string of the molecule is CNc1nccc(-c2cccnc2Oc2ccc(-n3c(O)cn(-c4ccccc4)c3=O)cc2)n1. The van der Waals surface area contributed by atoms with Gasteiger partial charge in [0.25, 0.3) is 0 Å². The van der Waals surface area contributed by atoms with E-state index in [-0.39, 0.29) is 11.6 Å². The summed E-state index contributed by atoms with van der Waals surface area (Å²) in [5, 5.41) is 13.3. The van der Waals surface area contributed by atoms with Crippen molar-refractivity contribution in [1.29, 1.82) is 0 Å². The molecule has 0 bridgehead atoms. The third-order valence-electron chi connectivity index (χ3n) is 5.14. The molecule has 0 amide bonds. The number of rotatable bonds is 6. The second kappa shape index (κ2) is 8.91. The third-order valence-corrected chi connectivity index (χ3v) is 5.14. The standard InChI is InChI=1S/C25H20N6O3/c1-26-24-28-15-13-21(29-24)20-8-5-14-27-23(20)34-19-11-9-18(10-12-19)31-22(32)16-30(25(31)33)17-6-3-2-4-7-17/h2-16,32H,1H3,(H,26,28,29). The van der Waals surface area contributed by atoms with E-state index >= 15 is 0 Å². The van der Waals surface area contributed by atoms with Crippen molar-refractivity contribution in [3.63, 3.8) is 0 Å². The zero-order chi connectivity index (χ0) is 23.5. The fraction of sp³-hybridized carbons (Fsp3) is 0.0400. The molecule has 0 aliphatic rings. The van der Waals surface area contributed by atoms with Gasteiger partial charge in [0.1, 0.15) is 5.75 Å². The molecule has 5 aromatic rings. The Labute approximate surface area is 194 Å². The topological polar surface area (TPSA) is 107 Å². The third kappa shape index (κ3) is 3.97. The maximum absolute atomic E-state index is 12.9. The Morgan fingerprint density at radius 1 is 0.882 bits per heavy atom. The first-order chi connectivity index (χ1) is 16.6. The minimum absolute atomic E-state index is 0.168. The smallest absolute Gasteiger partial charge is 0.340 e. The lowest BCUT2D eigenvalue weighted by atomic mass is 10.2. The zero-order valence-electron chi connectivity index (χ0n) is 18.2. The van der Waals surface area contributed by atoms with Crippen LogP contribution in [0.5, 0.6) is 17.5 Å². The van der Waals surface area contributed by atoms with E-state index in [9.17, 15) is 9.90 Å². The number of imidazole rings is 1. The summed E-state index contributed by atoms with van der Waals surface area (Å²) in [6.45, 7) is 0. The lowest BCUT2D eigenvalue weighted by Gasteiger charge is -2.11. The molecule has 0 saturated heterocycles. The molecule has 0 radical (unpaired) electrons. The van der Waals surface area contributed by atoms with Gasteiger partial charge >= 0.3 is 5.69 Å². The van der Waals surface area contributed by atoms with E-state index in [1.54, 1.807) is 68.0 Å². The van der Waals surface area contributed by atoms with Gasteiger partial charge in [0.05, 0.1) is 28.8 Å². The summed E-state index contributed by atoms with van der Waals surface area (Å²) in [4.78, 5) is 25.9. The summed E-state index contributed by atoms with van der Waals surface area (Å²) in [6, 6.07) is 21.4. The van der Waals surface area contributed by atoms with Crippen molar-refractivity contribution in [3.8, 4) is 40.1 Å². The van der Waals surface area contributed by atoms with Crippen LogP contribution < -0.4 is 15.7 Å². The van der Waals surface area contributed by atoms with Crippen molar-refractivity contribution in [2.45, 2.75) is 0 Å². The lowest BCUT2D eigenvalue weighted by Crippen LogP contribution is -2.21. The summed E-state index contributed by atoms with van der Waals surface area (Å²) in [5.74, 6) is 1.22. The fourth-order valence-electron chi connectivity index (χ4n) is 3.52. The Morgan fingerprint density at radius 2 is 1.68 bits per heavy atom. The van der Waals surface area contributed by atoms with Crippen LogP contribution in [0.15, 0.2) is 96.2 Å². The molecule has 2 aromatic carbocycles. The van der Waals surface area contributed by atoms with Crippen molar-refractivity contribution in [1.82, 2.24) is 24.1 Å². The van der Waals surface area contributed by atoms with Crippen LogP contribution in [0.25, 0.3) is 22.6 Å². The second-order valence-electron chi connectivity index (χ2n) is 7.28. The van der Waals surface area contributed by atoms with Crippen molar-refractivity contribution < 1.29 is 9.84 Å². The fourth-order valence-corrected chi connectivity index (χ4v) is 3.52. The normalized spacial score (nSPS) is 10.7. The summed E-state index contributed by atoms with van der Waals surface area (Å²) < 4.78 is 8.63. The predicted molar refractivity (Wildman–Crippen MR) is 128 cm³/mol. The van der Waals surface area contributed by atoms with E-state index in [4.69, 9.17) is 4.74 Å². The molecule has 9 heteroatoms. The molecule has 3 aromatic heterocycles. The number of hydrogen-bond acceptors (Lipinski definition) is 7. The average Bonchev–Trinajstić information content (AvgIpc) is 3.19. The van der Waals surface area contributed by atoms with E-state index in [0.29, 0.717) is 40.2 Å². The van der Waals surface area contributed by atoms with E-state index in [1.807, 2.05) is 24.3 Å². The van der Waals surface area contributed by atoms with Crippen LogP contribution >= 0.6 is 0 Å². The van der Waals surface area contributed by atoms with Gasteiger partial charge in [-0.25, -0.2) is 24.3 Å². The van der Waals surface area contributed by atoms with Crippen LogP contribution in [0.2, 0.25) is 0 Å². The summed E-state index contributed by atoms with van der Waals surface area (Å²) in [5.41, 5.74) is 2.15. The number of hydrogen-bond donors (Lipinski definition) is 2. The van der Waals surface area contributed by atoms with Gasteiger partial charge in [-0.3, -0.25) is 4.57 Å². The van der Waals surface area contributed by atoms with E-state index in [1.165, 1.54) is 15.3 Å². The number of anilines is 1. The highest BCUT2D eigenvalue weighted by molar-refractivity contribution is 5.66. The summed E-state index contributed by atoms with van der Waals surface area (Å²) >= 11 is 0. The number of aromatic hydroxyl groups is 1. The number of benzene rings is 2. The molecule has 0 saturated carbocycles. The van der Waals surface area contributed by atoms with Crippen LogP contribution in [-0.4, -0.2) is 36.2 Å². The number of nitrogens with zero attached hydrogens (tertiary/aromatic N) is 5. The first-order valence-corrected chi connectivity index (χ1v) is 10.5. The molecule has 0 atom stereocenters. The maximum Gasteiger partial charge on any atom is 0.340 e. The lowest BCUT2D eigenvalue weighted by molar-refractivity contribution is 0.440. The molecular weight excluding hydrogens is 432 g/mol. The van der Waals surface area contributed by atoms with Crippen molar-refractivity contribution in [2.75, 3.05) is 12.4 Å². The number of aromatic nitrogens is 5. The van der Waals surface area contributed by atoms with E-state index in [2.05, 4.69) is 20.3 Å². The highest BCUT2D eigenvalue weighted by atomic mass is 16.5. The molecule has 168 valence electrons. The number of ether oxygens (including phenoxy) is 1. The van der Waals surface area contributed by atoms with E-state index in [0.717, 1.165) is 0 Å². The molecule has 0 aliphatic carbocycles. The number of nitrogens with one attached hydrogen (secondary N) is 1. The van der Waals surface area contributed by atoms with Crippen molar-refractivity contribution in [3.05, 3.63) is 102 Å². The van der Waals surface area contributed by atoms with Crippen LogP contribution in [0.1, 0.15) is 0 Å². The Kier molecular flexibility index (Phi) is 5.49. The first-order valence-electron chi connectivity index (χ1n) is 10.5. The van der Waals surface area contributed by atoms with Gasteiger partial charge in [0.2, 0.25) is 17.7 Å². The second-order valence-corrected chi connectivity index (χ2v) is 7.28. The molecule has 5 rings (SSSR count). The quantitative estimate of drug-likeness (QED) is 0.401. The predicted octanol–water partition coefficient (Wildman–Crippen LogP) is 4.02. The molecule has 0 fully saturated rings. The van der Waals surface area contributed by atoms with Crippen LogP contribution in [-0.2, 0) is 0 Å². The molecule has 0 spiro atoms. The van der Waals surface area contributed by atoms with Gasteiger partial charge in [0.15, 0.2) is 0 Å². The maximum atomic E-state index is 12.9. The molecule has 0 unspecified atom stereocenters. The summed E-state index contributed by atoms with van der Waals surface area (Å²) in [6.07, 6.45) is 4.69. The molecule has 2 N–H and O–H groups in total. The Bertz CT molecular complexity index is 1490. The Balaban J connectivity index is 1.44. The minimum Gasteiger partial charge on any atom is -0.493 e. The Hall–Kier alpha value is -4.92. The highest BCUT2D eigenvalue weighted by Crippen LogP contribution is 2.31. The van der Waals surface area contributed by atoms with Crippen LogP contribution in [0.4, 0.5) is 5.95 Å². The van der Waals surface area contributed by atoms with Crippen molar-refractivity contribution in [2.24, 2.45) is 0 Å². The molecule has 3 heterocycles. The van der Waals surface area contributed by atoms with Gasteiger partial charge in [-0.1, -0.05) is 18.2 Å². The number of pyridine rings is 1. The first kappa shape index (κ1) is 21.0. The molecule has 34 heavy (non-hydrogen) atoms. The van der Waals surface area contributed by atoms with E-state index < -0.39 is 0 Å². The van der Waals surface area contributed by atoms with Gasteiger partial charge in [-0.15, -0.1) is 0 Å². The monoisotopic (exact) mass is 452 g/mol. The van der Waals surface area contributed by atoms with Gasteiger partial charge in [-0.2, -0.15) is 0 Å². The van der Waals surface area contributed by atoms with Gasteiger partial charge in [-0.05, 0) is 54.6 Å². The van der Waals surface area contributed by atoms with Crippen molar-refractivity contribution >= 4 is 5.95 Å². The van der Waals surface area contributed by atoms with Crippen LogP contribution in [0.3, 0.4) is 0 Å². The minimum atomic E-state index is -0.381. The number of para-hydroxylation sites is 1.